The number of aromatic nitrogens is 1. The minimum atomic E-state index is -0.943. The Morgan fingerprint density at radius 3 is 2.54 bits per heavy atom. The van der Waals surface area contributed by atoms with Gasteiger partial charge < -0.3 is 24.8 Å². The van der Waals surface area contributed by atoms with Gasteiger partial charge in [0, 0.05) is 32.8 Å². The fourth-order valence-electron chi connectivity index (χ4n) is 3.23. The summed E-state index contributed by atoms with van der Waals surface area (Å²) in [6, 6.07) is 13.8. The summed E-state index contributed by atoms with van der Waals surface area (Å²) in [5.41, 5.74) is 0.953. The van der Waals surface area contributed by atoms with Crippen LogP contribution < -0.4 is 0 Å². The third-order valence-electron chi connectivity index (χ3n) is 4.68. The molecule has 3 N–H and O–H groups in total. The number of amides is 1. The van der Waals surface area contributed by atoms with E-state index in [9.17, 15) is 19.8 Å². The van der Waals surface area contributed by atoms with Crippen molar-refractivity contribution in [2.45, 2.75) is 25.9 Å². The zero-order valence-electron chi connectivity index (χ0n) is 15.5. The molecule has 0 bridgehead atoms. The van der Waals surface area contributed by atoms with Crippen LogP contribution in [0.5, 0.6) is 11.6 Å². The van der Waals surface area contributed by atoms with E-state index in [0.29, 0.717) is 6.54 Å². The molecule has 0 saturated carbocycles. The number of carboxylic acids is 1. The maximum absolute atomic E-state index is 12.8. The molecule has 0 atom stereocenters. The molecule has 7 nitrogen and oxygen atoms in total. The number of aliphatic carboxylic acids is 1. The third kappa shape index (κ3) is 3.93. The summed E-state index contributed by atoms with van der Waals surface area (Å²) in [6.45, 7) is 0.524. The van der Waals surface area contributed by atoms with Crippen LogP contribution in [0.2, 0.25) is 0 Å². The second-order valence-corrected chi connectivity index (χ2v) is 6.71. The molecule has 0 saturated heterocycles. The summed E-state index contributed by atoms with van der Waals surface area (Å²) in [5, 5.41) is 31.0. The van der Waals surface area contributed by atoms with Crippen LogP contribution >= 0.6 is 0 Å². The number of carbonyl (C=O) groups is 2. The van der Waals surface area contributed by atoms with Crippen LogP contribution in [0.3, 0.4) is 0 Å². The zero-order chi connectivity index (χ0) is 20.3. The van der Waals surface area contributed by atoms with E-state index in [1.54, 1.807) is 7.05 Å². The van der Waals surface area contributed by atoms with Gasteiger partial charge in [-0.25, -0.2) is 0 Å². The number of nitrogens with zero attached hydrogens (tertiary/aromatic N) is 2. The Balaban J connectivity index is 1.78. The van der Waals surface area contributed by atoms with Gasteiger partial charge in [0.05, 0.1) is 0 Å². The predicted octanol–water partition coefficient (Wildman–Crippen LogP) is 3.19. The average Bonchev–Trinajstić information content (AvgIpc) is 2.96. The van der Waals surface area contributed by atoms with Gasteiger partial charge in [0.15, 0.2) is 5.75 Å². The number of carboxylic acid groups (broad SMARTS) is 1. The first-order valence-corrected chi connectivity index (χ1v) is 8.93. The molecule has 0 aliphatic carbocycles. The first kappa shape index (κ1) is 19.3. The fourth-order valence-corrected chi connectivity index (χ4v) is 3.23. The molecule has 3 aromatic rings. The monoisotopic (exact) mass is 382 g/mol. The minimum absolute atomic E-state index is 0.0180. The Morgan fingerprint density at radius 2 is 1.79 bits per heavy atom. The number of hydrogen-bond donors (Lipinski definition) is 3. The molecule has 28 heavy (non-hydrogen) atoms. The number of rotatable bonds is 7. The quantitative estimate of drug-likeness (QED) is 0.582. The van der Waals surface area contributed by atoms with E-state index in [4.69, 9.17) is 5.11 Å². The molecule has 1 aromatic heterocycles. The summed E-state index contributed by atoms with van der Waals surface area (Å²) < 4.78 is 1.29. The zero-order valence-corrected chi connectivity index (χ0v) is 15.5. The lowest BCUT2D eigenvalue weighted by molar-refractivity contribution is -0.137. The number of hydrogen-bond acceptors (Lipinski definition) is 4. The first-order chi connectivity index (χ1) is 13.4. The summed E-state index contributed by atoms with van der Waals surface area (Å²) >= 11 is 0. The Morgan fingerprint density at radius 1 is 1.07 bits per heavy atom. The van der Waals surface area contributed by atoms with Crippen molar-refractivity contribution in [1.82, 2.24) is 9.47 Å². The van der Waals surface area contributed by atoms with Gasteiger partial charge in [0.2, 0.25) is 5.88 Å². The maximum atomic E-state index is 12.8. The van der Waals surface area contributed by atoms with E-state index in [1.807, 2.05) is 42.5 Å². The predicted molar refractivity (Wildman–Crippen MR) is 104 cm³/mol. The van der Waals surface area contributed by atoms with Gasteiger partial charge in [0.1, 0.15) is 5.56 Å². The Bertz CT molecular complexity index is 1020. The molecule has 0 aliphatic heterocycles. The second kappa shape index (κ2) is 8.04. The average molecular weight is 382 g/mol. The van der Waals surface area contributed by atoms with Crippen molar-refractivity contribution < 1.29 is 24.9 Å². The number of aryl methyl sites for hydroxylation is 1. The van der Waals surface area contributed by atoms with Crippen LogP contribution in [0.15, 0.2) is 48.7 Å². The fraction of sp³-hybridized carbons (Fsp3) is 0.238. The van der Waals surface area contributed by atoms with Gasteiger partial charge in [-0.1, -0.05) is 42.5 Å². The van der Waals surface area contributed by atoms with Crippen LogP contribution in [0.4, 0.5) is 0 Å². The van der Waals surface area contributed by atoms with Crippen LogP contribution in [-0.4, -0.2) is 43.7 Å². The Kier molecular flexibility index (Phi) is 5.54. The molecule has 3 rings (SSSR count). The second-order valence-electron chi connectivity index (χ2n) is 6.71. The van der Waals surface area contributed by atoms with Crippen LogP contribution in [0, 0.1) is 0 Å². The van der Waals surface area contributed by atoms with Crippen LogP contribution in [0.1, 0.15) is 28.8 Å². The molecule has 0 spiro atoms. The van der Waals surface area contributed by atoms with E-state index in [1.165, 1.54) is 15.7 Å². The van der Waals surface area contributed by atoms with Crippen molar-refractivity contribution >= 4 is 22.6 Å². The van der Waals surface area contributed by atoms with E-state index in [0.717, 1.165) is 16.3 Å². The highest BCUT2D eigenvalue weighted by molar-refractivity contribution is 5.97. The van der Waals surface area contributed by atoms with Crippen molar-refractivity contribution in [2.24, 2.45) is 0 Å². The van der Waals surface area contributed by atoms with Gasteiger partial charge in [-0.2, -0.15) is 0 Å². The highest BCUT2D eigenvalue weighted by Crippen LogP contribution is 2.32. The molecule has 1 amide bonds. The molecule has 0 fully saturated rings. The molecular formula is C21H22N2O5. The van der Waals surface area contributed by atoms with E-state index in [-0.39, 0.29) is 24.9 Å². The van der Waals surface area contributed by atoms with Gasteiger partial charge in [-0.15, -0.1) is 0 Å². The van der Waals surface area contributed by atoms with Crippen molar-refractivity contribution in [3.05, 3.63) is 59.8 Å². The lowest BCUT2D eigenvalue weighted by Gasteiger charge is -2.18. The minimum Gasteiger partial charge on any atom is -0.503 e. The van der Waals surface area contributed by atoms with Crippen molar-refractivity contribution in [3.8, 4) is 11.6 Å². The molecule has 146 valence electrons. The number of benzene rings is 2. The van der Waals surface area contributed by atoms with Gasteiger partial charge >= 0.3 is 5.97 Å². The maximum Gasteiger partial charge on any atom is 0.303 e. The van der Waals surface area contributed by atoms with Crippen molar-refractivity contribution in [2.75, 3.05) is 7.05 Å². The molecule has 1 heterocycles. The summed E-state index contributed by atoms with van der Waals surface area (Å²) in [7, 11) is 1.63. The lowest BCUT2D eigenvalue weighted by Crippen LogP contribution is -2.26. The summed E-state index contributed by atoms with van der Waals surface area (Å²) in [4.78, 5) is 24.9. The van der Waals surface area contributed by atoms with Gasteiger partial charge in [-0.3, -0.25) is 9.59 Å². The number of carbonyl (C=O) groups excluding carboxylic acids is 1. The topological polar surface area (TPSA) is 103 Å². The Labute approximate surface area is 162 Å². The third-order valence-corrected chi connectivity index (χ3v) is 4.68. The number of aromatic hydroxyl groups is 2. The molecule has 0 radical (unpaired) electrons. The van der Waals surface area contributed by atoms with Gasteiger partial charge in [0.25, 0.3) is 5.91 Å². The van der Waals surface area contributed by atoms with Crippen molar-refractivity contribution in [1.29, 1.82) is 0 Å². The van der Waals surface area contributed by atoms with E-state index < -0.39 is 23.5 Å². The standard InChI is InChI=1S/C21H22N2O5/c1-22(12-15-8-4-7-14-6-2-3-9-16(14)15)20(27)17-13-23(21(28)19(17)26)11-5-10-18(24)25/h2-4,6-9,13,26,28H,5,10-12H2,1H3,(H,24,25). The summed E-state index contributed by atoms with van der Waals surface area (Å²) in [6.07, 6.45) is 1.56. The molecule has 2 aromatic carbocycles. The molecular weight excluding hydrogens is 360 g/mol. The first-order valence-electron chi connectivity index (χ1n) is 8.93. The molecule has 7 heteroatoms. The van der Waals surface area contributed by atoms with Gasteiger partial charge in [-0.05, 0) is 22.8 Å². The normalized spacial score (nSPS) is 10.9. The van der Waals surface area contributed by atoms with Crippen molar-refractivity contribution in [3.63, 3.8) is 0 Å². The molecule has 0 aliphatic rings. The van der Waals surface area contributed by atoms with E-state index >= 15 is 0 Å². The summed E-state index contributed by atoms with van der Waals surface area (Å²) in [5.74, 6) is -2.31. The van der Waals surface area contributed by atoms with Crippen LogP contribution in [0.25, 0.3) is 10.8 Å². The molecule has 0 unspecified atom stereocenters. The lowest BCUT2D eigenvalue weighted by atomic mass is 10.0. The highest BCUT2D eigenvalue weighted by Gasteiger charge is 2.23. The number of fused-ring (bicyclic) bond motifs is 1. The largest absolute Gasteiger partial charge is 0.503 e. The van der Waals surface area contributed by atoms with E-state index in [2.05, 4.69) is 0 Å². The smallest absolute Gasteiger partial charge is 0.303 e. The highest BCUT2D eigenvalue weighted by atomic mass is 16.4. The Hall–Kier alpha value is -3.48. The SMILES string of the molecule is CN(Cc1cccc2ccccc12)C(=O)c1cn(CCCC(=O)O)c(O)c1O. The van der Waals surface area contributed by atoms with Crippen LogP contribution in [-0.2, 0) is 17.9 Å².